The maximum atomic E-state index is 12.0. The third-order valence-electron chi connectivity index (χ3n) is 10.3. The fraction of sp³-hybridized carbons (Fsp3) is 0.920. The summed E-state index contributed by atoms with van der Waals surface area (Å²) in [5.41, 5.74) is 0.533. The number of hydrogen-bond acceptors (Lipinski definition) is 5. The van der Waals surface area contributed by atoms with Crippen LogP contribution in [0.2, 0.25) is 0 Å². The zero-order valence-corrected chi connectivity index (χ0v) is 19.5. The second-order valence-electron chi connectivity index (χ2n) is 11.7. The van der Waals surface area contributed by atoms with E-state index >= 15 is 0 Å². The van der Waals surface area contributed by atoms with E-state index in [1.54, 1.807) is 6.92 Å². The van der Waals surface area contributed by atoms with Crippen molar-refractivity contribution < 1.29 is 20.2 Å². The molecule has 0 heterocycles. The van der Waals surface area contributed by atoms with Crippen molar-refractivity contribution in [3.05, 3.63) is 0 Å². The molecule has 0 aromatic carbocycles. The minimum Gasteiger partial charge on any atom is -0.409 e. The standard InChI is InChI=1S/C25H42N2O4/c1-15(27-31)26-22(30)6-4-5-16-7-8-19-23-20(10-12-24(16,19)2)25(3)11-9-18(28)13-17(25)14-21(23)29/h16-21,23,28-29,31H,4-14H2,1-3H3,(H,26,27,30)/t16-,17-,18+,19-,20-,21-,23-,24+,25-/m0/s1. The lowest BCUT2D eigenvalue weighted by Crippen LogP contribution is -2.58. The molecule has 4 rings (SSSR count). The second-order valence-corrected chi connectivity index (χ2v) is 11.7. The molecule has 0 unspecified atom stereocenters. The highest BCUT2D eigenvalue weighted by Crippen LogP contribution is 2.67. The second kappa shape index (κ2) is 8.66. The normalized spacial score (nSPS) is 47.3. The van der Waals surface area contributed by atoms with Crippen LogP contribution in [0.5, 0.6) is 0 Å². The highest BCUT2D eigenvalue weighted by atomic mass is 16.4. The minimum absolute atomic E-state index is 0.0835. The number of nitrogens with zero attached hydrogens (tertiary/aromatic N) is 1. The molecule has 0 radical (unpaired) electrons. The Morgan fingerprint density at radius 3 is 2.48 bits per heavy atom. The van der Waals surface area contributed by atoms with E-state index in [-0.39, 0.29) is 34.8 Å². The maximum absolute atomic E-state index is 12.0. The van der Waals surface area contributed by atoms with Crippen LogP contribution in [0.25, 0.3) is 0 Å². The molecule has 4 N–H and O–H groups in total. The number of carbonyl (C=O) groups excluding carboxylic acids is 1. The number of oxime groups is 1. The van der Waals surface area contributed by atoms with Gasteiger partial charge < -0.3 is 20.7 Å². The number of nitrogens with one attached hydrogen (secondary N) is 1. The van der Waals surface area contributed by atoms with Crippen LogP contribution < -0.4 is 5.32 Å². The SMILES string of the molecule is C/C(=N/O)NC(=O)CCC[C@H]1CC[C@H]2[C@@H]3[C@@H](O)C[C@@H]4C[C@H](O)CC[C@]4(C)[C@H]3CC[C@]12C. The molecule has 0 aromatic heterocycles. The van der Waals surface area contributed by atoms with Crippen molar-refractivity contribution in [3.63, 3.8) is 0 Å². The van der Waals surface area contributed by atoms with Gasteiger partial charge >= 0.3 is 0 Å². The molecule has 0 aliphatic heterocycles. The van der Waals surface area contributed by atoms with Crippen LogP contribution in [0, 0.1) is 40.4 Å². The molecule has 0 bridgehead atoms. The molecule has 176 valence electrons. The van der Waals surface area contributed by atoms with E-state index in [0.717, 1.165) is 38.5 Å². The number of amidine groups is 1. The van der Waals surface area contributed by atoms with Gasteiger partial charge in [0.15, 0.2) is 0 Å². The van der Waals surface area contributed by atoms with E-state index in [0.29, 0.717) is 36.0 Å². The van der Waals surface area contributed by atoms with Crippen molar-refractivity contribution in [2.45, 2.75) is 104 Å². The van der Waals surface area contributed by atoms with Gasteiger partial charge in [-0.15, -0.1) is 0 Å². The Bertz CT molecular complexity index is 712. The molecular weight excluding hydrogens is 392 g/mol. The lowest BCUT2D eigenvalue weighted by molar-refractivity contribution is -0.172. The van der Waals surface area contributed by atoms with Gasteiger partial charge in [0, 0.05) is 6.42 Å². The summed E-state index contributed by atoms with van der Waals surface area (Å²) in [7, 11) is 0. The van der Waals surface area contributed by atoms with E-state index in [9.17, 15) is 15.0 Å². The predicted octanol–water partition coefficient (Wildman–Crippen LogP) is 4.07. The lowest BCUT2D eigenvalue weighted by Gasteiger charge is -2.62. The van der Waals surface area contributed by atoms with Gasteiger partial charge in [-0.3, -0.25) is 4.79 Å². The largest absolute Gasteiger partial charge is 0.409 e. The zero-order chi connectivity index (χ0) is 22.4. The quantitative estimate of drug-likeness (QED) is 0.232. The van der Waals surface area contributed by atoms with Crippen molar-refractivity contribution in [2.75, 3.05) is 0 Å². The van der Waals surface area contributed by atoms with Crippen molar-refractivity contribution in [1.29, 1.82) is 0 Å². The Labute approximate surface area is 186 Å². The molecular formula is C25H42N2O4. The van der Waals surface area contributed by atoms with Crippen LogP contribution in [-0.2, 0) is 4.79 Å². The summed E-state index contributed by atoms with van der Waals surface area (Å²) in [5.74, 6) is 2.78. The van der Waals surface area contributed by atoms with Gasteiger partial charge in [0.1, 0.15) is 5.84 Å². The maximum Gasteiger partial charge on any atom is 0.225 e. The van der Waals surface area contributed by atoms with Crippen LogP contribution in [0.15, 0.2) is 5.16 Å². The van der Waals surface area contributed by atoms with E-state index in [1.165, 1.54) is 25.7 Å². The fourth-order valence-corrected chi connectivity index (χ4v) is 8.58. The number of hydrogen-bond donors (Lipinski definition) is 4. The molecule has 1 amide bonds. The van der Waals surface area contributed by atoms with Gasteiger partial charge in [0.25, 0.3) is 0 Å². The Morgan fingerprint density at radius 1 is 1.03 bits per heavy atom. The van der Waals surface area contributed by atoms with Crippen molar-refractivity contribution in [2.24, 2.45) is 45.6 Å². The molecule has 0 saturated heterocycles. The summed E-state index contributed by atoms with van der Waals surface area (Å²) in [6.45, 7) is 6.49. The minimum atomic E-state index is -0.233. The van der Waals surface area contributed by atoms with Crippen molar-refractivity contribution in [3.8, 4) is 0 Å². The summed E-state index contributed by atoms with van der Waals surface area (Å²) >= 11 is 0. The van der Waals surface area contributed by atoms with Crippen LogP contribution in [0.1, 0.15) is 91.4 Å². The summed E-state index contributed by atoms with van der Waals surface area (Å²) in [6.07, 6.45) is 10.5. The highest BCUT2D eigenvalue weighted by molar-refractivity contribution is 5.96. The average Bonchev–Trinajstić information content (AvgIpc) is 3.05. The van der Waals surface area contributed by atoms with E-state index < -0.39 is 0 Å². The summed E-state index contributed by atoms with van der Waals surface area (Å²) in [4.78, 5) is 12.0. The molecule has 4 aliphatic carbocycles. The first-order valence-corrected chi connectivity index (χ1v) is 12.5. The number of aliphatic hydroxyl groups excluding tert-OH is 2. The van der Waals surface area contributed by atoms with E-state index in [2.05, 4.69) is 24.3 Å². The molecule has 31 heavy (non-hydrogen) atoms. The Kier molecular flexibility index (Phi) is 6.43. The van der Waals surface area contributed by atoms with E-state index in [4.69, 9.17) is 5.21 Å². The third-order valence-corrected chi connectivity index (χ3v) is 10.3. The van der Waals surface area contributed by atoms with Crippen LogP contribution in [0.3, 0.4) is 0 Å². The molecule has 9 atom stereocenters. The molecule has 6 nitrogen and oxygen atoms in total. The first-order chi connectivity index (χ1) is 14.7. The first kappa shape index (κ1) is 23.0. The van der Waals surface area contributed by atoms with Gasteiger partial charge in [-0.05, 0) is 112 Å². The number of rotatable bonds is 4. The fourth-order valence-electron chi connectivity index (χ4n) is 8.58. The van der Waals surface area contributed by atoms with Gasteiger partial charge in [-0.1, -0.05) is 19.0 Å². The number of amides is 1. The average molecular weight is 435 g/mol. The van der Waals surface area contributed by atoms with Gasteiger partial charge in [-0.2, -0.15) is 0 Å². The van der Waals surface area contributed by atoms with Crippen molar-refractivity contribution in [1.82, 2.24) is 5.32 Å². The monoisotopic (exact) mass is 434 g/mol. The Hall–Kier alpha value is -1.14. The van der Waals surface area contributed by atoms with Crippen LogP contribution >= 0.6 is 0 Å². The zero-order valence-electron chi connectivity index (χ0n) is 19.5. The number of aliphatic hydroxyl groups is 2. The molecule has 4 fully saturated rings. The molecule has 6 heteroatoms. The van der Waals surface area contributed by atoms with Gasteiger partial charge in [0.05, 0.1) is 12.2 Å². The van der Waals surface area contributed by atoms with Crippen molar-refractivity contribution >= 4 is 11.7 Å². The summed E-state index contributed by atoms with van der Waals surface area (Å²) in [6, 6.07) is 0. The smallest absolute Gasteiger partial charge is 0.225 e. The number of carbonyl (C=O) groups is 1. The number of fused-ring (bicyclic) bond motifs is 5. The lowest BCUT2D eigenvalue weighted by atomic mass is 9.44. The van der Waals surface area contributed by atoms with Crippen LogP contribution in [-0.4, -0.2) is 39.4 Å². The topological polar surface area (TPSA) is 102 Å². The van der Waals surface area contributed by atoms with Gasteiger partial charge in [-0.25, -0.2) is 0 Å². The molecule has 0 spiro atoms. The predicted molar refractivity (Wildman–Crippen MR) is 120 cm³/mol. The van der Waals surface area contributed by atoms with Gasteiger partial charge in [0.2, 0.25) is 5.91 Å². The first-order valence-electron chi connectivity index (χ1n) is 12.5. The van der Waals surface area contributed by atoms with E-state index in [1.807, 2.05) is 0 Å². The van der Waals surface area contributed by atoms with Crippen LogP contribution in [0.4, 0.5) is 0 Å². The molecule has 4 aliphatic rings. The Balaban J connectivity index is 1.41. The highest BCUT2D eigenvalue weighted by Gasteiger charge is 2.62. The molecule has 0 aromatic rings. The summed E-state index contributed by atoms with van der Waals surface area (Å²) in [5, 5.41) is 35.8. The Morgan fingerprint density at radius 2 is 1.74 bits per heavy atom. The summed E-state index contributed by atoms with van der Waals surface area (Å²) < 4.78 is 0. The molecule has 4 saturated carbocycles. The third kappa shape index (κ3) is 4.03.